The van der Waals surface area contributed by atoms with Crippen LogP contribution < -0.4 is 10.3 Å². The number of morpholine rings is 1. The van der Waals surface area contributed by atoms with Gasteiger partial charge in [0.2, 0.25) is 0 Å². The Bertz CT molecular complexity index is 1140. The lowest BCUT2D eigenvalue weighted by molar-refractivity contribution is 0.0322. The molecular weight excluding hydrogens is 449 g/mol. The van der Waals surface area contributed by atoms with Crippen molar-refractivity contribution in [3.8, 4) is 5.75 Å². The number of fused-ring (bicyclic) bond motifs is 1. The molecule has 2 fully saturated rings. The highest BCUT2D eigenvalue weighted by Gasteiger charge is 2.23. The zero-order chi connectivity index (χ0) is 21.9. The van der Waals surface area contributed by atoms with Crippen LogP contribution in [0.2, 0.25) is 0 Å². The summed E-state index contributed by atoms with van der Waals surface area (Å²) in [7, 11) is 0. The molecule has 1 aliphatic heterocycles. The first-order chi connectivity index (χ1) is 15.7. The Morgan fingerprint density at radius 2 is 1.97 bits per heavy atom. The van der Waals surface area contributed by atoms with Gasteiger partial charge in [0.05, 0.1) is 18.9 Å². The van der Waals surface area contributed by atoms with E-state index in [2.05, 4.69) is 20.1 Å². The number of ether oxygens (including phenoxy) is 2. The monoisotopic (exact) mass is 477 g/mol. The first-order valence-corrected chi connectivity index (χ1v) is 11.4. The summed E-state index contributed by atoms with van der Waals surface area (Å²) in [5.74, 6) is 1.09. The smallest absolute Gasteiger partial charge is 0.279 e. The van der Waals surface area contributed by atoms with Crippen LogP contribution in [0.5, 0.6) is 5.75 Å². The van der Waals surface area contributed by atoms with Crippen molar-refractivity contribution < 1.29 is 13.9 Å². The van der Waals surface area contributed by atoms with E-state index >= 15 is 0 Å². The molecule has 0 unspecified atom stereocenters. The number of benzene rings is 1. The van der Waals surface area contributed by atoms with Crippen LogP contribution in [0.4, 0.5) is 4.39 Å². The Labute approximate surface area is 197 Å². The second-order valence-electron chi connectivity index (χ2n) is 8.56. The van der Waals surface area contributed by atoms with Crippen LogP contribution >= 0.6 is 12.4 Å². The van der Waals surface area contributed by atoms with Crippen molar-refractivity contribution in [2.75, 3.05) is 39.5 Å². The van der Waals surface area contributed by atoms with E-state index in [9.17, 15) is 9.18 Å². The van der Waals surface area contributed by atoms with Gasteiger partial charge in [-0.15, -0.1) is 12.4 Å². The number of H-pyrrole nitrogens is 2. The van der Waals surface area contributed by atoms with Crippen LogP contribution in [-0.2, 0) is 11.2 Å². The summed E-state index contributed by atoms with van der Waals surface area (Å²) in [5.41, 5.74) is 2.27. The minimum atomic E-state index is -0.348. The van der Waals surface area contributed by atoms with Gasteiger partial charge in [-0.3, -0.25) is 14.8 Å². The van der Waals surface area contributed by atoms with Gasteiger partial charge >= 0.3 is 0 Å². The highest BCUT2D eigenvalue weighted by atomic mass is 35.5. The van der Waals surface area contributed by atoms with E-state index in [1.807, 2.05) is 0 Å². The largest absolute Gasteiger partial charge is 0.492 e. The van der Waals surface area contributed by atoms with E-state index < -0.39 is 0 Å². The van der Waals surface area contributed by atoms with E-state index in [1.54, 1.807) is 6.07 Å². The maximum atomic E-state index is 14.0. The summed E-state index contributed by atoms with van der Waals surface area (Å²) in [6.07, 6.45) is 4.77. The van der Waals surface area contributed by atoms with Crippen LogP contribution in [-0.4, -0.2) is 64.5 Å². The van der Waals surface area contributed by atoms with Crippen LogP contribution in [0.15, 0.2) is 23.0 Å². The van der Waals surface area contributed by atoms with E-state index in [-0.39, 0.29) is 30.2 Å². The second-order valence-corrected chi connectivity index (χ2v) is 8.56. The molecule has 2 N–H and O–H groups in total. The third-order valence-electron chi connectivity index (χ3n) is 6.40. The summed E-state index contributed by atoms with van der Waals surface area (Å²) in [5, 5.41) is 7.23. The molecule has 0 radical (unpaired) electrons. The number of halogens is 2. The first-order valence-electron chi connectivity index (χ1n) is 11.4. The second kappa shape index (κ2) is 10.6. The predicted molar refractivity (Wildman–Crippen MR) is 125 cm³/mol. The Morgan fingerprint density at radius 3 is 2.76 bits per heavy atom. The molecule has 8 nitrogen and oxygen atoms in total. The molecule has 3 aromatic rings. The fourth-order valence-corrected chi connectivity index (χ4v) is 4.67. The van der Waals surface area contributed by atoms with Gasteiger partial charge in [0, 0.05) is 37.5 Å². The van der Waals surface area contributed by atoms with Gasteiger partial charge in [0.25, 0.3) is 5.56 Å². The average Bonchev–Trinajstić information content (AvgIpc) is 3.46. The molecule has 2 aromatic heterocycles. The number of aromatic nitrogens is 4. The number of hydrogen-bond acceptors (Lipinski definition) is 6. The predicted octanol–water partition coefficient (Wildman–Crippen LogP) is 3.17. The van der Waals surface area contributed by atoms with Gasteiger partial charge in [-0.05, 0) is 31.0 Å². The van der Waals surface area contributed by atoms with Gasteiger partial charge in [-0.2, -0.15) is 5.10 Å². The molecule has 5 rings (SSSR count). The lowest BCUT2D eigenvalue weighted by Crippen LogP contribution is -2.38. The molecule has 178 valence electrons. The van der Waals surface area contributed by atoms with Crippen molar-refractivity contribution in [1.82, 2.24) is 25.1 Å². The summed E-state index contributed by atoms with van der Waals surface area (Å²) >= 11 is 0. The first kappa shape index (κ1) is 23.7. The van der Waals surface area contributed by atoms with Crippen molar-refractivity contribution in [2.45, 2.75) is 38.0 Å². The molecule has 1 saturated heterocycles. The van der Waals surface area contributed by atoms with Gasteiger partial charge in [0.1, 0.15) is 29.5 Å². The molecule has 10 heteroatoms. The Kier molecular flexibility index (Phi) is 7.62. The van der Waals surface area contributed by atoms with Gasteiger partial charge in [-0.1, -0.05) is 12.8 Å². The molecule has 0 bridgehead atoms. The molecule has 1 aliphatic carbocycles. The van der Waals surface area contributed by atoms with Crippen molar-refractivity contribution in [3.05, 3.63) is 51.5 Å². The molecular formula is C23H29ClFN5O3. The zero-order valence-electron chi connectivity index (χ0n) is 18.4. The summed E-state index contributed by atoms with van der Waals surface area (Å²) in [6.45, 7) is 4.52. The Hall–Kier alpha value is -2.49. The number of aromatic amines is 2. The molecule has 0 amide bonds. The Balaban J connectivity index is 0.00000259. The molecule has 0 spiro atoms. The normalized spacial score (nSPS) is 17.4. The van der Waals surface area contributed by atoms with Gasteiger partial charge in [0.15, 0.2) is 5.52 Å². The van der Waals surface area contributed by atoms with E-state index in [0.717, 1.165) is 51.4 Å². The number of hydrogen-bond donors (Lipinski definition) is 2. The number of rotatable bonds is 7. The van der Waals surface area contributed by atoms with Crippen LogP contribution in [0, 0.1) is 5.82 Å². The van der Waals surface area contributed by atoms with Crippen molar-refractivity contribution in [1.29, 1.82) is 0 Å². The third kappa shape index (κ3) is 5.37. The summed E-state index contributed by atoms with van der Waals surface area (Å²) < 4.78 is 25.4. The SMILES string of the molecule is Cl.O=c1[nH]c(Cc2cc(F)ccc2OCCN2CCOCC2)nc2c(C3CCCC3)[nH]nc12. The summed E-state index contributed by atoms with van der Waals surface area (Å²) in [6, 6.07) is 4.48. The highest BCUT2D eigenvalue weighted by molar-refractivity contribution is 5.85. The average molecular weight is 478 g/mol. The molecule has 2 aliphatic rings. The van der Waals surface area contributed by atoms with Gasteiger partial charge in [-0.25, -0.2) is 9.37 Å². The van der Waals surface area contributed by atoms with Crippen LogP contribution in [0.25, 0.3) is 11.0 Å². The van der Waals surface area contributed by atoms with Crippen molar-refractivity contribution >= 4 is 23.4 Å². The lowest BCUT2D eigenvalue weighted by Gasteiger charge is -2.26. The maximum Gasteiger partial charge on any atom is 0.279 e. The van der Waals surface area contributed by atoms with Crippen LogP contribution in [0.3, 0.4) is 0 Å². The minimum Gasteiger partial charge on any atom is -0.492 e. The molecule has 1 saturated carbocycles. The fraction of sp³-hybridized carbons (Fsp3) is 0.522. The molecule has 1 aromatic carbocycles. The van der Waals surface area contributed by atoms with E-state index in [0.29, 0.717) is 40.7 Å². The molecule has 33 heavy (non-hydrogen) atoms. The number of nitrogens with zero attached hydrogens (tertiary/aromatic N) is 3. The Morgan fingerprint density at radius 1 is 1.18 bits per heavy atom. The van der Waals surface area contributed by atoms with Gasteiger partial charge < -0.3 is 14.5 Å². The maximum absolute atomic E-state index is 14.0. The zero-order valence-corrected chi connectivity index (χ0v) is 19.3. The van der Waals surface area contributed by atoms with Crippen LogP contribution in [0.1, 0.15) is 48.7 Å². The summed E-state index contributed by atoms with van der Waals surface area (Å²) in [4.78, 5) is 22.4. The standard InChI is InChI=1S/C23H28FN5O3.ClH/c24-17-5-6-18(32-12-9-29-7-10-31-11-8-29)16(13-17)14-19-25-21-20(15-3-1-2-4-15)27-28-22(21)23(30)26-19;/h5-6,13,15H,1-4,7-12,14H2,(H,27,28)(H,25,26,30);1H. The lowest BCUT2D eigenvalue weighted by atomic mass is 10.0. The van der Waals surface area contributed by atoms with E-state index in [1.165, 1.54) is 25.0 Å². The molecule has 3 heterocycles. The fourth-order valence-electron chi connectivity index (χ4n) is 4.67. The quantitative estimate of drug-likeness (QED) is 0.542. The van der Waals surface area contributed by atoms with E-state index in [4.69, 9.17) is 14.5 Å². The molecule has 0 atom stereocenters. The number of nitrogens with one attached hydrogen (secondary N) is 2. The van der Waals surface area contributed by atoms with Crippen molar-refractivity contribution in [3.63, 3.8) is 0 Å². The topological polar surface area (TPSA) is 96.1 Å². The van der Waals surface area contributed by atoms with Crippen molar-refractivity contribution in [2.24, 2.45) is 0 Å². The minimum absolute atomic E-state index is 0. The highest BCUT2D eigenvalue weighted by Crippen LogP contribution is 2.35. The third-order valence-corrected chi connectivity index (χ3v) is 6.40.